The van der Waals surface area contributed by atoms with Crippen molar-refractivity contribution in [2.24, 2.45) is 0 Å². The Morgan fingerprint density at radius 1 is 1.04 bits per heavy atom. The highest BCUT2D eigenvalue weighted by atomic mass is 32.1. The molecule has 1 amide bonds. The van der Waals surface area contributed by atoms with Crippen molar-refractivity contribution in [1.29, 1.82) is 0 Å². The van der Waals surface area contributed by atoms with E-state index in [1.54, 1.807) is 12.1 Å². The summed E-state index contributed by atoms with van der Waals surface area (Å²) in [5, 5.41) is 2.82. The summed E-state index contributed by atoms with van der Waals surface area (Å²) in [4.78, 5) is 11.6. The molecule has 0 fully saturated rings. The number of hydrogen-bond acceptors (Lipinski definition) is 3. The molecule has 0 saturated carbocycles. The van der Waals surface area contributed by atoms with Gasteiger partial charge in [-0.1, -0.05) is 17.7 Å². The second-order valence-corrected chi connectivity index (χ2v) is 5.49. The fourth-order valence-corrected chi connectivity index (χ4v) is 1.95. The van der Waals surface area contributed by atoms with Gasteiger partial charge in [0.2, 0.25) is 11.6 Å². The normalized spacial score (nSPS) is 10.2. The number of benzene rings is 2. The minimum Gasteiger partial charge on any atom is -0.477 e. The number of ether oxygens (including phenoxy) is 1. The van der Waals surface area contributed by atoms with Gasteiger partial charge in [-0.15, -0.1) is 0 Å². The van der Waals surface area contributed by atoms with Gasteiger partial charge in [-0.25, -0.2) is 8.78 Å². The summed E-state index contributed by atoms with van der Waals surface area (Å²) in [6.45, 7) is 1.01. The van der Waals surface area contributed by atoms with E-state index in [-0.39, 0.29) is 11.2 Å². The highest BCUT2D eigenvalue weighted by molar-refractivity contribution is 7.80. The number of halogens is 4. The number of thiocarbonyl (C=S) groups is 1. The van der Waals surface area contributed by atoms with E-state index in [0.717, 1.165) is 5.56 Å². The van der Waals surface area contributed by atoms with Crippen LogP contribution in [0.5, 0.6) is 5.75 Å². The smallest absolute Gasteiger partial charge is 0.276 e. The van der Waals surface area contributed by atoms with Gasteiger partial charge in [-0.05, 0) is 31.3 Å². The molecule has 0 aliphatic heterocycles. The van der Waals surface area contributed by atoms with Crippen molar-refractivity contribution in [3.63, 3.8) is 0 Å². The third-order valence-corrected chi connectivity index (χ3v) is 3.25. The highest BCUT2D eigenvalue weighted by Crippen LogP contribution is 2.26. The van der Waals surface area contributed by atoms with E-state index in [1.165, 1.54) is 0 Å². The van der Waals surface area contributed by atoms with E-state index in [9.17, 15) is 22.4 Å². The average Bonchev–Trinajstić information content (AvgIpc) is 2.60. The third-order valence-electron chi connectivity index (χ3n) is 3.04. The molecular formula is C16H13F4N3O2S. The van der Waals surface area contributed by atoms with Crippen LogP contribution in [-0.2, 0) is 4.79 Å². The predicted octanol–water partition coefficient (Wildman–Crippen LogP) is 2.95. The molecular weight excluding hydrogens is 374 g/mol. The Kier molecular flexibility index (Phi) is 6.34. The number of amides is 1. The summed E-state index contributed by atoms with van der Waals surface area (Å²) < 4.78 is 57.4. The Morgan fingerprint density at radius 2 is 1.62 bits per heavy atom. The number of anilines is 1. The van der Waals surface area contributed by atoms with Crippen LogP contribution in [0.25, 0.3) is 0 Å². The summed E-state index contributed by atoms with van der Waals surface area (Å²) in [6.07, 6.45) is 0. The quantitative estimate of drug-likeness (QED) is 0.326. The van der Waals surface area contributed by atoms with Crippen LogP contribution in [0.15, 0.2) is 30.3 Å². The first kappa shape index (κ1) is 19.4. The van der Waals surface area contributed by atoms with Crippen molar-refractivity contribution in [2.45, 2.75) is 6.92 Å². The van der Waals surface area contributed by atoms with Gasteiger partial charge in [0.05, 0.1) is 0 Å². The monoisotopic (exact) mass is 387 g/mol. The number of nitrogens with one attached hydrogen (secondary N) is 3. The minimum atomic E-state index is -1.73. The number of carbonyl (C=O) groups is 1. The van der Waals surface area contributed by atoms with Crippen LogP contribution in [0.1, 0.15) is 5.56 Å². The van der Waals surface area contributed by atoms with Gasteiger partial charge < -0.3 is 10.1 Å². The largest absolute Gasteiger partial charge is 0.477 e. The van der Waals surface area contributed by atoms with E-state index in [4.69, 9.17) is 12.2 Å². The molecule has 0 spiro atoms. The topological polar surface area (TPSA) is 62.4 Å². The molecule has 0 unspecified atom stereocenters. The molecule has 0 aliphatic carbocycles. The number of carbonyl (C=O) groups excluding carboxylic acids is 1. The van der Waals surface area contributed by atoms with Crippen molar-refractivity contribution >= 4 is 28.9 Å². The number of hydrazine groups is 1. The molecule has 3 N–H and O–H groups in total. The second kappa shape index (κ2) is 8.48. The maximum atomic E-state index is 13.4. The Balaban J connectivity index is 1.84. The maximum absolute atomic E-state index is 13.4. The standard InChI is InChI=1S/C16H13F4N3O2S/c1-8-2-4-9(5-3-8)21-16(26)23-22-12(24)7-25-15-13(19)10(17)6-11(18)14(15)20/h2-6H,7H2,1H3,(H,22,24)(H2,21,23,26). The van der Waals surface area contributed by atoms with E-state index in [2.05, 4.69) is 20.9 Å². The van der Waals surface area contributed by atoms with Gasteiger partial charge in [0, 0.05) is 11.8 Å². The van der Waals surface area contributed by atoms with Crippen molar-refractivity contribution in [2.75, 3.05) is 11.9 Å². The van der Waals surface area contributed by atoms with E-state index in [1.807, 2.05) is 19.1 Å². The fraction of sp³-hybridized carbons (Fsp3) is 0.125. The Hall–Kier alpha value is -2.88. The first-order valence-electron chi connectivity index (χ1n) is 7.16. The zero-order valence-corrected chi connectivity index (χ0v) is 14.1. The number of rotatable bonds is 4. The first-order chi connectivity index (χ1) is 12.3. The molecule has 0 saturated heterocycles. The van der Waals surface area contributed by atoms with Gasteiger partial charge in [-0.3, -0.25) is 15.6 Å². The van der Waals surface area contributed by atoms with E-state index in [0.29, 0.717) is 5.69 Å². The second-order valence-electron chi connectivity index (χ2n) is 5.08. The van der Waals surface area contributed by atoms with Gasteiger partial charge in [0.1, 0.15) is 0 Å². The van der Waals surface area contributed by atoms with Crippen LogP contribution in [0, 0.1) is 30.2 Å². The lowest BCUT2D eigenvalue weighted by molar-refractivity contribution is -0.123. The van der Waals surface area contributed by atoms with Crippen molar-refractivity contribution < 1.29 is 27.1 Å². The molecule has 138 valence electrons. The number of aryl methyl sites for hydroxylation is 1. The van der Waals surface area contributed by atoms with E-state index >= 15 is 0 Å². The summed E-state index contributed by atoms with van der Waals surface area (Å²) in [5.41, 5.74) is 6.16. The minimum absolute atomic E-state index is 0.0360. The van der Waals surface area contributed by atoms with Crippen LogP contribution in [0.2, 0.25) is 0 Å². The molecule has 10 heteroatoms. The van der Waals surface area contributed by atoms with Gasteiger partial charge >= 0.3 is 0 Å². The van der Waals surface area contributed by atoms with Gasteiger partial charge in [0.15, 0.2) is 29.1 Å². The average molecular weight is 387 g/mol. The van der Waals surface area contributed by atoms with Crippen molar-refractivity contribution in [3.05, 3.63) is 59.2 Å². The van der Waals surface area contributed by atoms with Crippen LogP contribution in [0.4, 0.5) is 23.2 Å². The zero-order valence-electron chi connectivity index (χ0n) is 13.3. The van der Waals surface area contributed by atoms with Crippen LogP contribution >= 0.6 is 12.2 Å². The summed E-state index contributed by atoms with van der Waals surface area (Å²) in [7, 11) is 0. The summed E-state index contributed by atoms with van der Waals surface area (Å²) >= 11 is 4.94. The molecule has 0 atom stereocenters. The summed E-state index contributed by atoms with van der Waals surface area (Å²) in [6, 6.07) is 7.25. The predicted molar refractivity (Wildman–Crippen MR) is 90.4 cm³/mol. The maximum Gasteiger partial charge on any atom is 0.276 e. The first-order valence-corrected chi connectivity index (χ1v) is 7.57. The van der Waals surface area contributed by atoms with Gasteiger partial charge in [0.25, 0.3) is 5.91 Å². The molecule has 0 heterocycles. The van der Waals surface area contributed by atoms with Crippen LogP contribution < -0.4 is 20.9 Å². The molecule has 0 aliphatic rings. The lowest BCUT2D eigenvalue weighted by Gasteiger charge is -2.13. The lowest BCUT2D eigenvalue weighted by atomic mass is 10.2. The van der Waals surface area contributed by atoms with Crippen molar-refractivity contribution in [1.82, 2.24) is 10.9 Å². The Morgan fingerprint density at radius 3 is 2.19 bits per heavy atom. The lowest BCUT2D eigenvalue weighted by Crippen LogP contribution is -2.45. The Labute approximate surface area is 151 Å². The fourth-order valence-electron chi connectivity index (χ4n) is 1.78. The Bertz CT molecular complexity index is 805. The third kappa shape index (κ3) is 5.06. The van der Waals surface area contributed by atoms with Crippen molar-refractivity contribution in [3.8, 4) is 5.75 Å². The number of hydrogen-bond donors (Lipinski definition) is 3. The summed E-state index contributed by atoms with van der Waals surface area (Å²) in [5.74, 6) is -8.95. The highest BCUT2D eigenvalue weighted by Gasteiger charge is 2.21. The van der Waals surface area contributed by atoms with Crippen LogP contribution in [0.3, 0.4) is 0 Å². The zero-order chi connectivity index (χ0) is 19.3. The molecule has 2 aromatic rings. The molecule has 5 nitrogen and oxygen atoms in total. The molecule has 0 bridgehead atoms. The molecule has 26 heavy (non-hydrogen) atoms. The SMILES string of the molecule is Cc1ccc(NC(=S)NNC(=O)COc2c(F)c(F)cc(F)c2F)cc1. The van der Waals surface area contributed by atoms with E-state index < -0.39 is 41.5 Å². The molecule has 2 rings (SSSR count). The molecule has 0 radical (unpaired) electrons. The van der Waals surface area contributed by atoms with Gasteiger partial charge in [-0.2, -0.15) is 8.78 Å². The van der Waals surface area contributed by atoms with Crippen LogP contribution in [-0.4, -0.2) is 17.6 Å². The molecule has 2 aromatic carbocycles. The molecule has 0 aromatic heterocycles.